The standard InChI is InChI=1S/C12H9ClF3N3/c13-8-4-7(12(14,15)16)5-9(6-8)18-11-3-1-2-10(17)19-11/h1-6H,(H3,17,18,19). The first-order valence-electron chi connectivity index (χ1n) is 5.22. The third-order valence-electron chi connectivity index (χ3n) is 2.27. The second-order valence-electron chi connectivity index (χ2n) is 3.80. The Bertz CT molecular complexity index is 599. The van der Waals surface area contributed by atoms with Gasteiger partial charge < -0.3 is 11.1 Å². The van der Waals surface area contributed by atoms with Gasteiger partial charge in [-0.15, -0.1) is 0 Å². The predicted molar refractivity (Wildman–Crippen MR) is 68.4 cm³/mol. The minimum Gasteiger partial charge on any atom is -0.384 e. The highest BCUT2D eigenvalue weighted by molar-refractivity contribution is 6.31. The molecule has 0 fully saturated rings. The number of nitrogens with two attached hydrogens (primary N) is 1. The molecule has 100 valence electrons. The van der Waals surface area contributed by atoms with E-state index in [1.807, 2.05) is 0 Å². The number of anilines is 3. The van der Waals surface area contributed by atoms with Gasteiger partial charge in [0.2, 0.25) is 0 Å². The third kappa shape index (κ3) is 3.51. The fourth-order valence-electron chi connectivity index (χ4n) is 1.49. The van der Waals surface area contributed by atoms with Crippen LogP contribution in [0.4, 0.5) is 30.5 Å². The smallest absolute Gasteiger partial charge is 0.384 e. The molecular weight excluding hydrogens is 279 g/mol. The first-order valence-corrected chi connectivity index (χ1v) is 5.60. The SMILES string of the molecule is Nc1cccc(Nc2cc(Cl)cc(C(F)(F)F)c2)n1. The molecule has 0 saturated heterocycles. The van der Waals surface area contributed by atoms with Crippen molar-refractivity contribution < 1.29 is 13.2 Å². The van der Waals surface area contributed by atoms with Gasteiger partial charge in [-0.05, 0) is 30.3 Å². The zero-order valence-electron chi connectivity index (χ0n) is 9.50. The fourth-order valence-corrected chi connectivity index (χ4v) is 1.73. The highest BCUT2D eigenvalue weighted by Crippen LogP contribution is 2.33. The highest BCUT2D eigenvalue weighted by Gasteiger charge is 2.31. The lowest BCUT2D eigenvalue weighted by atomic mass is 10.2. The molecule has 0 aliphatic heterocycles. The van der Waals surface area contributed by atoms with Crippen molar-refractivity contribution in [1.82, 2.24) is 4.98 Å². The summed E-state index contributed by atoms with van der Waals surface area (Å²) in [5.74, 6) is 0.610. The molecule has 0 radical (unpaired) electrons. The molecule has 1 aromatic carbocycles. The molecule has 0 aliphatic rings. The number of benzene rings is 1. The third-order valence-corrected chi connectivity index (χ3v) is 2.49. The number of rotatable bonds is 2. The first-order chi connectivity index (χ1) is 8.84. The van der Waals surface area contributed by atoms with Gasteiger partial charge in [-0.1, -0.05) is 17.7 Å². The lowest BCUT2D eigenvalue weighted by molar-refractivity contribution is -0.137. The molecule has 1 heterocycles. The Balaban J connectivity index is 2.33. The second kappa shape index (κ2) is 4.97. The number of alkyl halides is 3. The van der Waals surface area contributed by atoms with E-state index in [1.54, 1.807) is 18.2 Å². The lowest BCUT2D eigenvalue weighted by Crippen LogP contribution is -2.06. The molecule has 0 amide bonds. The number of hydrogen-bond acceptors (Lipinski definition) is 3. The Morgan fingerprint density at radius 1 is 1.16 bits per heavy atom. The topological polar surface area (TPSA) is 50.9 Å². The summed E-state index contributed by atoms with van der Waals surface area (Å²) >= 11 is 5.67. The van der Waals surface area contributed by atoms with Crippen molar-refractivity contribution in [3.63, 3.8) is 0 Å². The Kier molecular flexibility index (Phi) is 3.53. The number of nitrogens with zero attached hydrogens (tertiary/aromatic N) is 1. The molecular formula is C12H9ClF3N3. The number of nitrogens with one attached hydrogen (secondary N) is 1. The molecule has 2 rings (SSSR count). The van der Waals surface area contributed by atoms with Gasteiger partial charge in [-0.3, -0.25) is 0 Å². The van der Waals surface area contributed by atoms with Gasteiger partial charge in [0.05, 0.1) is 5.56 Å². The van der Waals surface area contributed by atoms with E-state index in [2.05, 4.69) is 10.3 Å². The van der Waals surface area contributed by atoms with Crippen LogP contribution in [-0.4, -0.2) is 4.98 Å². The summed E-state index contributed by atoms with van der Waals surface area (Å²) in [6.45, 7) is 0. The van der Waals surface area contributed by atoms with Crippen LogP contribution < -0.4 is 11.1 Å². The summed E-state index contributed by atoms with van der Waals surface area (Å²) in [4.78, 5) is 3.93. The van der Waals surface area contributed by atoms with Crippen molar-refractivity contribution in [2.24, 2.45) is 0 Å². The van der Waals surface area contributed by atoms with Crippen molar-refractivity contribution in [3.8, 4) is 0 Å². The van der Waals surface area contributed by atoms with Gasteiger partial charge in [-0.25, -0.2) is 4.98 Å². The van der Waals surface area contributed by atoms with Crippen molar-refractivity contribution in [1.29, 1.82) is 0 Å². The van der Waals surface area contributed by atoms with E-state index in [0.717, 1.165) is 12.1 Å². The molecule has 0 bridgehead atoms. The van der Waals surface area contributed by atoms with Crippen LogP contribution in [-0.2, 0) is 6.18 Å². The summed E-state index contributed by atoms with van der Waals surface area (Å²) in [5, 5.41) is 2.71. The van der Waals surface area contributed by atoms with E-state index in [4.69, 9.17) is 17.3 Å². The van der Waals surface area contributed by atoms with Gasteiger partial charge in [0, 0.05) is 10.7 Å². The summed E-state index contributed by atoms with van der Waals surface area (Å²) in [6, 6.07) is 7.99. The number of hydrogen-bond donors (Lipinski definition) is 2. The van der Waals surface area contributed by atoms with Gasteiger partial charge in [-0.2, -0.15) is 13.2 Å². The van der Waals surface area contributed by atoms with Crippen molar-refractivity contribution in [3.05, 3.63) is 47.0 Å². The Morgan fingerprint density at radius 3 is 2.53 bits per heavy atom. The van der Waals surface area contributed by atoms with Gasteiger partial charge in [0.1, 0.15) is 11.6 Å². The Morgan fingerprint density at radius 2 is 1.89 bits per heavy atom. The molecule has 2 aromatic rings. The zero-order chi connectivity index (χ0) is 14.0. The molecule has 0 aliphatic carbocycles. The fraction of sp³-hybridized carbons (Fsp3) is 0.0833. The van der Waals surface area contributed by atoms with E-state index < -0.39 is 11.7 Å². The second-order valence-corrected chi connectivity index (χ2v) is 4.24. The van der Waals surface area contributed by atoms with Crippen LogP contribution in [0.25, 0.3) is 0 Å². The van der Waals surface area contributed by atoms with E-state index in [9.17, 15) is 13.2 Å². The maximum Gasteiger partial charge on any atom is 0.416 e. The van der Waals surface area contributed by atoms with Crippen LogP contribution in [0.2, 0.25) is 5.02 Å². The number of aromatic nitrogens is 1. The van der Waals surface area contributed by atoms with Crippen LogP contribution >= 0.6 is 11.6 Å². The molecule has 0 unspecified atom stereocenters. The zero-order valence-corrected chi connectivity index (χ0v) is 10.3. The summed E-state index contributed by atoms with van der Waals surface area (Å²) in [7, 11) is 0. The van der Waals surface area contributed by atoms with Crippen LogP contribution in [0, 0.1) is 0 Å². The van der Waals surface area contributed by atoms with Crippen LogP contribution in [0.15, 0.2) is 36.4 Å². The number of pyridine rings is 1. The number of nitrogen functional groups attached to an aromatic ring is 1. The minimum absolute atomic E-state index is 0.0128. The van der Waals surface area contributed by atoms with E-state index in [0.29, 0.717) is 5.82 Å². The Labute approximate surface area is 112 Å². The van der Waals surface area contributed by atoms with E-state index in [-0.39, 0.29) is 16.5 Å². The van der Waals surface area contributed by atoms with Crippen molar-refractivity contribution in [2.45, 2.75) is 6.18 Å². The van der Waals surface area contributed by atoms with Gasteiger partial charge in [0.15, 0.2) is 0 Å². The molecule has 0 atom stereocenters. The predicted octanol–water partition coefficient (Wildman–Crippen LogP) is 4.08. The van der Waals surface area contributed by atoms with Crippen LogP contribution in [0.3, 0.4) is 0 Å². The maximum absolute atomic E-state index is 12.6. The minimum atomic E-state index is -4.45. The molecule has 0 spiro atoms. The lowest BCUT2D eigenvalue weighted by Gasteiger charge is -2.11. The molecule has 0 saturated carbocycles. The molecule has 19 heavy (non-hydrogen) atoms. The van der Waals surface area contributed by atoms with Gasteiger partial charge >= 0.3 is 6.18 Å². The van der Waals surface area contributed by atoms with Gasteiger partial charge in [0.25, 0.3) is 0 Å². The van der Waals surface area contributed by atoms with Crippen molar-refractivity contribution in [2.75, 3.05) is 11.1 Å². The average molecular weight is 288 g/mol. The molecule has 3 N–H and O–H groups in total. The van der Waals surface area contributed by atoms with Crippen molar-refractivity contribution >= 4 is 28.9 Å². The first kappa shape index (κ1) is 13.5. The normalized spacial score (nSPS) is 11.4. The van der Waals surface area contributed by atoms with Crippen LogP contribution in [0.5, 0.6) is 0 Å². The highest BCUT2D eigenvalue weighted by atomic mass is 35.5. The largest absolute Gasteiger partial charge is 0.416 e. The van der Waals surface area contributed by atoms with E-state index >= 15 is 0 Å². The summed E-state index contributed by atoms with van der Waals surface area (Å²) in [5.41, 5.74) is 4.85. The summed E-state index contributed by atoms with van der Waals surface area (Å²) in [6.07, 6.45) is -4.45. The van der Waals surface area contributed by atoms with E-state index in [1.165, 1.54) is 6.07 Å². The average Bonchev–Trinajstić information content (AvgIpc) is 2.26. The quantitative estimate of drug-likeness (QED) is 0.875. The molecule has 3 nitrogen and oxygen atoms in total. The molecule has 1 aromatic heterocycles. The monoisotopic (exact) mass is 287 g/mol. The van der Waals surface area contributed by atoms with Crippen LogP contribution in [0.1, 0.15) is 5.56 Å². The summed E-state index contributed by atoms with van der Waals surface area (Å²) < 4.78 is 37.9. The number of halogens is 4. The molecule has 7 heteroatoms. The Hall–Kier alpha value is -1.95. The maximum atomic E-state index is 12.6.